The zero-order chi connectivity index (χ0) is 28.6. The lowest BCUT2D eigenvalue weighted by atomic mass is 9.91. The van der Waals surface area contributed by atoms with Gasteiger partial charge in [-0.3, -0.25) is 19.2 Å². The van der Waals surface area contributed by atoms with Gasteiger partial charge in [-0.25, -0.2) is 0 Å². The van der Waals surface area contributed by atoms with Crippen molar-refractivity contribution in [2.45, 2.75) is 77.9 Å². The number of hydrogen-bond acceptors (Lipinski definition) is 7. The summed E-state index contributed by atoms with van der Waals surface area (Å²) in [5, 5.41) is 12.1. The van der Waals surface area contributed by atoms with Gasteiger partial charge in [0.15, 0.2) is 11.5 Å². The molecule has 3 N–H and O–H groups in total. The highest BCUT2D eigenvalue weighted by Crippen LogP contribution is 2.47. The van der Waals surface area contributed by atoms with Crippen molar-refractivity contribution in [3.05, 3.63) is 53.4 Å². The Bertz CT molecular complexity index is 1140. The summed E-state index contributed by atoms with van der Waals surface area (Å²) in [5.74, 6) is -0.882. The SMILES string of the molecule is COCC[C@H](NC(=O)c1cc(C)on1)C(=O)N[C@@H](Cc1ccccc1)C(=O)N[C@@H](CC(C)C)C(=O)C1(C)CC1. The predicted octanol–water partition coefficient (Wildman–Crippen LogP) is 2.75. The second kappa shape index (κ2) is 13.5. The standard InChI is InChI=1S/C29H40N4O6/c1-18(2)15-22(25(34)29(4)12-13-29)31-27(36)23(17-20-9-7-6-8-10-20)32-26(35)21(11-14-38-5)30-28(37)24-16-19(3)39-33-24/h6-10,16,18,21-23H,11-15,17H2,1-5H3,(H,30,37)(H,31,36)(H,32,35)/t21-,22-,23-/m0/s1. The van der Waals surface area contributed by atoms with Crippen molar-refractivity contribution in [1.82, 2.24) is 21.1 Å². The molecule has 0 radical (unpaired) electrons. The summed E-state index contributed by atoms with van der Waals surface area (Å²) in [6.07, 6.45) is 2.53. The molecule has 3 amide bonds. The first-order valence-electron chi connectivity index (χ1n) is 13.4. The minimum atomic E-state index is -0.987. The fraction of sp³-hybridized carbons (Fsp3) is 0.552. The number of Topliss-reactive ketones (excluding diaryl/α,β-unsaturated/α-hetero) is 1. The van der Waals surface area contributed by atoms with E-state index in [9.17, 15) is 19.2 Å². The molecular formula is C29H40N4O6. The molecule has 3 rings (SSSR count). The summed E-state index contributed by atoms with van der Waals surface area (Å²) in [4.78, 5) is 52.9. The molecule has 0 aliphatic heterocycles. The molecule has 10 nitrogen and oxygen atoms in total. The number of nitrogens with one attached hydrogen (secondary N) is 3. The molecule has 39 heavy (non-hydrogen) atoms. The molecule has 0 bridgehead atoms. The van der Waals surface area contributed by atoms with E-state index in [0.29, 0.717) is 12.2 Å². The molecule has 212 valence electrons. The van der Waals surface area contributed by atoms with Crippen molar-refractivity contribution in [2.24, 2.45) is 11.3 Å². The highest BCUT2D eigenvalue weighted by atomic mass is 16.5. The summed E-state index contributed by atoms with van der Waals surface area (Å²) in [6.45, 7) is 7.80. The minimum Gasteiger partial charge on any atom is -0.385 e. The van der Waals surface area contributed by atoms with Crippen LogP contribution in [0.25, 0.3) is 0 Å². The Hall–Kier alpha value is -3.53. The average Bonchev–Trinajstić information content (AvgIpc) is 3.50. The van der Waals surface area contributed by atoms with Crippen molar-refractivity contribution in [2.75, 3.05) is 13.7 Å². The van der Waals surface area contributed by atoms with E-state index in [2.05, 4.69) is 21.1 Å². The summed E-state index contributed by atoms with van der Waals surface area (Å²) >= 11 is 0. The first kappa shape index (κ1) is 30.0. The van der Waals surface area contributed by atoms with E-state index in [-0.39, 0.29) is 36.8 Å². The Kier molecular flexibility index (Phi) is 10.4. The molecule has 1 aromatic carbocycles. The van der Waals surface area contributed by atoms with Gasteiger partial charge < -0.3 is 25.2 Å². The number of hydrogen-bond donors (Lipinski definition) is 3. The molecule has 1 aliphatic carbocycles. The van der Waals surface area contributed by atoms with E-state index in [0.717, 1.165) is 18.4 Å². The number of ether oxygens (including phenoxy) is 1. The summed E-state index contributed by atoms with van der Waals surface area (Å²) in [6, 6.07) is 8.19. The van der Waals surface area contributed by atoms with E-state index in [1.807, 2.05) is 51.1 Å². The van der Waals surface area contributed by atoms with Crippen molar-refractivity contribution >= 4 is 23.5 Å². The molecule has 3 atom stereocenters. The van der Waals surface area contributed by atoms with Crippen LogP contribution in [-0.4, -0.2) is 60.5 Å². The summed E-state index contributed by atoms with van der Waals surface area (Å²) in [7, 11) is 1.50. The number of aryl methyl sites for hydroxylation is 1. The number of rotatable bonds is 15. The van der Waals surface area contributed by atoms with Crippen molar-refractivity contribution in [1.29, 1.82) is 0 Å². The predicted molar refractivity (Wildman–Crippen MR) is 145 cm³/mol. The fourth-order valence-corrected chi connectivity index (χ4v) is 4.37. The van der Waals surface area contributed by atoms with Gasteiger partial charge in [-0.2, -0.15) is 0 Å². The Labute approximate surface area is 229 Å². The van der Waals surface area contributed by atoms with Crippen molar-refractivity contribution < 1.29 is 28.4 Å². The number of ketones is 1. The maximum Gasteiger partial charge on any atom is 0.274 e. The van der Waals surface area contributed by atoms with Gasteiger partial charge in [0.2, 0.25) is 11.8 Å². The van der Waals surface area contributed by atoms with E-state index in [4.69, 9.17) is 9.26 Å². The van der Waals surface area contributed by atoms with E-state index < -0.39 is 41.3 Å². The number of carbonyl (C=O) groups is 4. The van der Waals surface area contributed by atoms with Gasteiger partial charge >= 0.3 is 0 Å². The van der Waals surface area contributed by atoms with Crippen LogP contribution in [-0.2, 0) is 25.5 Å². The Balaban J connectivity index is 1.79. The number of benzene rings is 1. The van der Waals surface area contributed by atoms with E-state index in [1.54, 1.807) is 6.92 Å². The molecule has 0 unspecified atom stereocenters. The van der Waals surface area contributed by atoms with Crippen LogP contribution in [0.15, 0.2) is 40.9 Å². The van der Waals surface area contributed by atoms with Crippen molar-refractivity contribution in [3.8, 4) is 0 Å². The molecule has 1 saturated carbocycles. The third-order valence-electron chi connectivity index (χ3n) is 6.94. The zero-order valence-corrected chi connectivity index (χ0v) is 23.4. The van der Waals surface area contributed by atoms with Crippen molar-refractivity contribution in [3.63, 3.8) is 0 Å². The number of methoxy groups -OCH3 is 1. The van der Waals surface area contributed by atoms with Crippen LogP contribution in [0.2, 0.25) is 0 Å². The van der Waals surface area contributed by atoms with Gasteiger partial charge in [-0.05, 0) is 44.1 Å². The van der Waals surface area contributed by atoms with Gasteiger partial charge in [0.25, 0.3) is 5.91 Å². The monoisotopic (exact) mass is 540 g/mol. The van der Waals surface area contributed by atoms with Gasteiger partial charge in [0, 0.05) is 31.6 Å². The smallest absolute Gasteiger partial charge is 0.274 e. The van der Waals surface area contributed by atoms with Crippen LogP contribution in [0, 0.1) is 18.3 Å². The highest BCUT2D eigenvalue weighted by molar-refractivity contribution is 5.98. The fourth-order valence-electron chi connectivity index (χ4n) is 4.37. The van der Waals surface area contributed by atoms with Crippen LogP contribution in [0.4, 0.5) is 0 Å². The molecule has 10 heteroatoms. The molecule has 1 fully saturated rings. The maximum atomic E-state index is 13.6. The van der Waals surface area contributed by atoms with E-state index >= 15 is 0 Å². The van der Waals surface area contributed by atoms with Gasteiger partial charge in [-0.15, -0.1) is 0 Å². The largest absolute Gasteiger partial charge is 0.385 e. The molecular weight excluding hydrogens is 500 g/mol. The lowest BCUT2D eigenvalue weighted by molar-refractivity contribution is -0.133. The molecule has 0 saturated heterocycles. The van der Waals surface area contributed by atoms with Gasteiger partial charge in [-0.1, -0.05) is 56.3 Å². The normalized spacial score (nSPS) is 16.2. The third-order valence-corrected chi connectivity index (χ3v) is 6.94. The van der Waals surface area contributed by atoms with Gasteiger partial charge in [0.05, 0.1) is 6.04 Å². The maximum absolute atomic E-state index is 13.6. The van der Waals surface area contributed by atoms with Crippen LogP contribution in [0.1, 0.15) is 68.3 Å². The molecule has 1 aromatic heterocycles. The first-order valence-corrected chi connectivity index (χ1v) is 13.4. The quantitative estimate of drug-likeness (QED) is 0.316. The summed E-state index contributed by atoms with van der Waals surface area (Å²) < 4.78 is 10.1. The third kappa shape index (κ3) is 8.74. The van der Waals surface area contributed by atoms with E-state index in [1.165, 1.54) is 13.2 Å². The minimum absolute atomic E-state index is 0.0301. The zero-order valence-electron chi connectivity index (χ0n) is 23.4. The number of carbonyl (C=O) groups excluding carboxylic acids is 4. The highest BCUT2D eigenvalue weighted by Gasteiger charge is 2.48. The first-order chi connectivity index (χ1) is 18.5. The molecule has 0 spiro atoms. The Morgan fingerprint density at radius 3 is 2.21 bits per heavy atom. The number of amides is 3. The van der Waals surface area contributed by atoms with Crippen LogP contribution >= 0.6 is 0 Å². The lowest BCUT2D eigenvalue weighted by Gasteiger charge is -2.27. The molecule has 1 aliphatic rings. The van der Waals surface area contributed by atoms with Crippen LogP contribution in [0.5, 0.6) is 0 Å². The average molecular weight is 541 g/mol. The summed E-state index contributed by atoms with van der Waals surface area (Å²) in [5.41, 5.74) is 0.485. The second-order valence-electron chi connectivity index (χ2n) is 11.0. The molecule has 2 aromatic rings. The molecule has 1 heterocycles. The number of nitrogens with zero attached hydrogens (tertiary/aromatic N) is 1. The number of aromatic nitrogens is 1. The van der Waals surface area contributed by atoms with Gasteiger partial charge in [0.1, 0.15) is 17.8 Å². The topological polar surface area (TPSA) is 140 Å². The van der Waals surface area contributed by atoms with Crippen LogP contribution < -0.4 is 16.0 Å². The Morgan fingerprint density at radius 2 is 1.64 bits per heavy atom. The Morgan fingerprint density at radius 1 is 1.00 bits per heavy atom. The van der Waals surface area contributed by atoms with Crippen LogP contribution in [0.3, 0.4) is 0 Å². The lowest BCUT2D eigenvalue weighted by Crippen LogP contribution is -2.57. The second-order valence-corrected chi connectivity index (χ2v) is 11.0.